The maximum Gasteiger partial charge on any atom is 0.252 e. The Morgan fingerprint density at radius 3 is 2.18 bits per heavy atom. The molecule has 0 saturated heterocycles. The van der Waals surface area contributed by atoms with Gasteiger partial charge in [-0.05, 0) is 22.6 Å². The Kier molecular flexibility index (Phi) is 8.07. The first-order chi connectivity index (χ1) is 16.4. The molecule has 7 nitrogen and oxygen atoms in total. The van der Waals surface area contributed by atoms with Crippen LogP contribution in [-0.4, -0.2) is 32.6 Å². The lowest BCUT2D eigenvalue weighted by Crippen LogP contribution is -2.37. The van der Waals surface area contributed by atoms with Crippen LogP contribution < -0.4 is 35.3 Å². The zero-order valence-corrected chi connectivity index (χ0v) is 19.1. The molecular weight excluding hydrogens is 432 g/mol. The third-order valence-corrected chi connectivity index (χ3v) is 4.88. The standard InChI is InChI=1S/C27H26N2O5/c1-5-22(23-11-7-6-10-18(23)2)27(31)28-17-26(30)29-24-12-8-9-13-25(24)34-21-15-19(32-3)14-20(16-21)33-4/h5-16H,1-2,17H2,3-4H3,(H,28,31)(H,29,30)/b23-22+. The molecule has 0 aliphatic carbocycles. The molecule has 3 aromatic rings. The highest BCUT2D eigenvalue weighted by Gasteiger charge is 2.13. The molecule has 0 unspecified atom stereocenters. The summed E-state index contributed by atoms with van der Waals surface area (Å²) < 4.78 is 16.5. The summed E-state index contributed by atoms with van der Waals surface area (Å²) in [6.07, 6.45) is 1.45. The molecule has 7 heteroatoms. The van der Waals surface area contributed by atoms with Gasteiger partial charge in [-0.25, -0.2) is 0 Å². The molecule has 2 N–H and O–H groups in total. The summed E-state index contributed by atoms with van der Waals surface area (Å²) in [6.45, 7) is 7.40. The Morgan fingerprint density at radius 2 is 1.53 bits per heavy atom. The van der Waals surface area contributed by atoms with Crippen LogP contribution in [0.1, 0.15) is 0 Å². The van der Waals surface area contributed by atoms with E-state index in [4.69, 9.17) is 14.2 Å². The van der Waals surface area contributed by atoms with Crippen molar-refractivity contribution >= 4 is 29.7 Å². The molecular formula is C27H26N2O5. The van der Waals surface area contributed by atoms with Gasteiger partial charge in [0, 0.05) is 23.8 Å². The van der Waals surface area contributed by atoms with Crippen LogP contribution in [0, 0.1) is 0 Å². The number of hydrogen-bond donors (Lipinski definition) is 2. The van der Waals surface area contributed by atoms with Crippen molar-refractivity contribution in [2.75, 3.05) is 26.1 Å². The van der Waals surface area contributed by atoms with E-state index in [1.54, 1.807) is 68.8 Å². The highest BCUT2D eigenvalue weighted by molar-refractivity contribution is 6.17. The average molecular weight is 459 g/mol. The summed E-state index contributed by atoms with van der Waals surface area (Å²) in [7, 11) is 3.09. The van der Waals surface area contributed by atoms with E-state index in [2.05, 4.69) is 23.8 Å². The van der Waals surface area contributed by atoms with Crippen LogP contribution in [0.25, 0.3) is 12.2 Å². The third kappa shape index (κ3) is 6.04. The molecule has 3 rings (SSSR count). The smallest absolute Gasteiger partial charge is 0.252 e. The van der Waals surface area contributed by atoms with Gasteiger partial charge in [0.05, 0.1) is 26.5 Å². The van der Waals surface area contributed by atoms with Gasteiger partial charge in [0.25, 0.3) is 5.91 Å². The van der Waals surface area contributed by atoms with Crippen LogP contribution in [0.5, 0.6) is 23.0 Å². The quantitative estimate of drug-likeness (QED) is 0.515. The van der Waals surface area contributed by atoms with Gasteiger partial charge in [-0.15, -0.1) is 0 Å². The van der Waals surface area contributed by atoms with E-state index < -0.39 is 11.8 Å². The Balaban J connectivity index is 1.71. The number of para-hydroxylation sites is 2. The number of amides is 2. The first kappa shape index (κ1) is 24.1. The highest BCUT2D eigenvalue weighted by Crippen LogP contribution is 2.34. The van der Waals surface area contributed by atoms with Gasteiger partial charge in [-0.1, -0.05) is 55.6 Å². The van der Waals surface area contributed by atoms with Gasteiger partial charge in [0.15, 0.2) is 5.75 Å². The van der Waals surface area contributed by atoms with Gasteiger partial charge < -0.3 is 24.8 Å². The lowest BCUT2D eigenvalue weighted by Gasteiger charge is -2.14. The number of carbonyl (C=O) groups is 2. The molecule has 0 saturated carbocycles. The van der Waals surface area contributed by atoms with E-state index >= 15 is 0 Å². The van der Waals surface area contributed by atoms with E-state index in [0.717, 1.165) is 0 Å². The van der Waals surface area contributed by atoms with Crippen LogP contribution in [0.15, 0.2) is 79.4 Å². The van der Waals surface area contributed by atoms with E-state index in [1.165, 1.54) is 6.08 Å². The summed E-state index contributed by atoms with van der Waals surface area (Å²) >= 11 is 0. The number of anilines is 1. The number of carbonyl (C=O) groups excluding carboxylic acids is 2. The number of methoxy groups -OCH3 is 2. The average Bonchev–Trinajstić information content (AvgIpc) is 2.85. The molecule has 0 aliphatic rings. The molecule has 0 atom stereocenters. The Hall–Kier alpha value is -4.52. The highest BCUT2D eigenvalue weighted by atomic mass is 16.5. The maximum absolute atomic E-state index is 12.6. The second kappa shape index (κ2) is 11.4. The molecule has 174 valence electrons. The van der Waals surface area contributed by atoms with Gasteiger partial charge in [-0.2, -0.15) is 0 Å². The van der Waals surface area contributed by atoms with Crippen molar-refractivity contribution in [1.29, 1.82) is 0 Å². The minimum atomic E-state index is -0.422. The van der Waals surface area contributed by atoms with Crippen LogP contribution in [0.3, 0.4) is 0 Å². The van der Waals surface area contributed by atoms with Gasteiger partial charge in [0.2, 0.25) is 5.91 Å². The number of benzene rings is 3. The third-order valence-electron chi connectivity index (χ3n) is 4.88. The molecule has 2 amide bonds. The molecule has 0 aromatic heterocycles. The lowest BCUT2D eigenvalue weighted by molar-refractivity contribution is -0.120. The van der Waals surface area contributed by atoms with Crippen LogP contribution >= 0.6 is 0 Å². The van der Waals surface area contributed by atoms with Crippen molar-refractivity contribution < 1.29 is 23.8 Å². The Labute approximate surface area is 198 Å². The molecule has 34 heavy (non-hydrogen) atoms. The SMILES string of the molecule is C=C/C(C(=O)NCC(=O)Nc1ccccc1Oc1cc(OC)cc(OC)c1)=c1/ccccc1=C. The van der Waals surface area contributed by atoms with Gasteiger partial charge >= 0.3 is 0 Å². The predicted octanol–water partition coefficient (Wildman–Crippen LogP) is 3.00. The monoisotopic (exact) mass is 458 g/mol. The van der Waals surface area contributed by atoms with Crippen molar-refractivity contribution in [1.82, 2.24) is 5.32 Å². The molecule has 3 aromatic carbocycles. The summed E-state index contributed by atoms with van der Waals surface area (Å²) in [5, 5.41) is 6.73. The van der Waals surface area contributed by atoms with E-state index in [-0.39, 0.29) is 6.54 Å². The summed E-state index contributed by atoms with van der Waals surface area (Å²) in [6, 6.07) is 19.3. The fraction of sp³-hybridized carbons (Fsp3) is 0.111. The van der Waals surface area contributed by atoms with Crippen molar-refractivity contribution in [2.45, 2.75) is 0 Å². The molecule has 0 fully saturated rings. The number of rotatable bonds is 9. The normalized spacial score (nSPS) is 11.1. The zero-order chi connectivity index (χ0) is 24.5. The summed E-state index contributed by atoms with van der Waals surface area (Å²) in [4.78, 5) is 25.2. The molecule has 0 aliphatic heterocycles. The molecule has 0 spiro atoms. The first-order valence-electron chi connectivity index (χ1n) is 10.4. The topological polar surface area (TPSA) is 85.9 Å². The second-order valence-corrected chi connectivity index (χ2v) is 7.15. The fourth-order valence-electron chi connectivity index (χ4n) is 3.18. The van der Waals surface area contributed by atoms with Crippen LogP contribution in [-0.2, 0) is 9.59 Å². The lowest BCUT2D eigenvalue weighted by atomic mass is 10.1. The van der Waals surface area contributed by atoms with Crippen molar-refractivity contribution in [3.8, 4) is 23.0 Å². The van der Waals surface area contributed by atoms with E-state index in [1.807, 2.05) is 12.1 Å². The van der Waals surface area contributed by atoms with Gasteiger partial charge in [-0.3, -0.25) is 9.59 Å². The minimum absolute atomic E-state index is 0.239. The Bertz CT molecular complexity index is 1290. The van der Waals surface area contributed by atoms with Crippen molar-refractivity contribution in [2.24, 2.45) is 0 Å². The Morgan fingerprint density at radius 1 is 0.912 bits per heavy atom. The van der Waals surface area contributed by atoms with Crippen molar-refractivity contribution in [3.05, 3.63) is 89.8 Å². The number of ether oxygens (including phenoxy) is 3. The predicted molar refractivity (Wildman–Crippen MR) is 133 cm³/mol. The number of nitrogens with one attached hydrogen (secondary N) is 2. The van der Waals surface area contributed by atoms with E-state index in [0.29, 0.717) is 44.7 Å². The zero-order valence-electron chi connectivity index (χ0n) is 19.1. The second-order valence-electron chi connectivity index (χ2n) is 7.15. The molecule has 0 bridgehead atoms. The molecule has 0 heterocycles. The van der Waals surface area contributed by atoms with Crippen LogP contribution in [0.4, 0.5) is 5.69 Å². The van der Waals surface area contributed by atoms with E-state index in [9.17, 15) is 9.59 Å². The fourth-order valence-corrected chi connectivity index (χ4v) is 3.18. The summed E-state index contributed by atoms with van der Waals surface area (Å²) in [5.41, 5.74) is 0.786. The van der Waals surface area contributed by atoms with Crippen molar-refractivity contribution in [3.63, 3.8) is 0 Å². The largest absolute Gasteiger partial charge is 0.496 e. The molecule has 0 radical (unpaired) electrons. The minimum Gasteiger partial charge on any atom is -0.496 e. The van der Waals surface area contributed by atoms with Crippen LogP contribution in [0.2, 0.25) is 0 Å². The summed E-state index contributed by atoms with van der Waals surface area (Å²) in [5.74, 6) is 1.19. The maximum atomic E-state index is 12.6. The number of hydrogen-bond acceptors (Lipinski definition) is 5. The van der Waals surface area contributed by atoms with Gasteiger partial charge in [0.1, 0.15) is 17.2 Å². The first-order valence-corrected chi connectivity index (χ1v) is 10.4.